The summed E-state index contributed by atoms with van der Waals surface area (Å²) in [5, 5.41) is 7.89. The van der Waals surface area contributed by atoms with Crippen LogP contribution < -0.4 is 4.74 Å². The zero-order valence-electron chi connectivity index (χ0n) is 21.5. The molecule has 1 N–H and O–H groups in total. The van der Waals surface area contributed by atoms with Crippen LogP contribution in [-0.2, 0) is 4.79 Å². The summed E-state index contributed by atoms with van der Waals surface area (Å²) in [6.07, 6.45) is 8.06. The van der Waals surface area contributed by atoms with E-state index in [1.165, 1.54) is 12.7 Å². The molecule has 0 spiro atoms. The van der Waals surface area contributed by atoms with E-state index < -0.39 is 11.7 Å². The lowest BCUT2D eigenvalue weighted by molar-refractivity contribution is -0.126. The maximum absolute atomic E-state index is 13.5. The Balaban J connectivity index is 1.28. The van der Waals surface area contributed by atoms with Gasteiger partial charge in [-0.25, -0.2) is 14.6 Å². The molecule has 1 amide bonds. The normalized spacial score (nSPS) is 13.6. The lowest BCUT2D eigenvalue weighted by Gasteiger charge is -2.29. The van der Waals surface area contributed by atoms with E-state index >= 15 is 0 Å². The predicted molar refractivity (Wildman–Crippen MR) is 149 cm³/mol. The lowest BCUT2D eigenvalue weighted by atomic mass is 9.93. The highest BCUT2D eigenvalue weighted by atomic mass is 32.1. The number of piperidine rings is 1. The van der Waals surface area contributed by atoms with Crippen molar-refractivity contribution in [2.24, 2.45) is 0 Å². The van der Waals surface area contributed by atoms with Gasteiger partial charge in [-0.2, -0.15) is 5.10 Å². The summed E-state index contributed by atoms with van der Waals surface area (Å²) in [6.45, 7) is 2.81. The second-order valence-corrected chi connectivity index (χ2v) is 10.2. The van der Waals surface area contributed by atoms with Crippen molar-refractivity contribution in [1.29, 1.82) is 0 Å². The molecule has 1 saturated heterocycles. The van der Waals surface area contributed by atoms with Crippen LogP contribution in [0.3, 0.4) is 0 Å². The number of Topliss-reactive ketones (excluding diaryl/α,β-unsaturated/α-hetero) is 1. The van der Waals surface area contributed by atoms with Gasteiger partial charge in [-0.05, 0) is 31.4 Å². The van der Waals surface area contributed by atoms with Gasteiger partial charge in [0.05, 0.1) is 35.5 Å². The van der Waals surface area contributed by atoms with Gasteiger partial charge in [-0.3, -0.25) is 9.59 Å². The van der Waals surface area contributed by atoms with Crippen LogP contribution in [0.5, 0.6) is 5.75 Å². The van der Waals surface area contributed by atoms with E-state index in [0.717, 1.165) is 21.8 Å². The summed E-state index contributed by atoms with van der Waals surface area (Å²) in [7, 11) is 1.52. The van der Waals surface area contributed by atoms with E-state index in [2.05, 4.69) is 32.2 Å². The fourth-order valence-electron chi connectivity index (χ4n) is 5.06. The maximum atomic E-state index is 13.5. The van der Waals surface area contributed by atoms with Crippen LogP contribution in [0, 0.1) is 6.92 Å². The minimum atomic E-state index is -0.580. The number of rotatable bonds is 6. The molecular formula is C29H26N6O3S. The summed E-state index contributed by atoms with van der Waals surface area (Å²) in [5.74, 6) is -0.173. The molecule has 1 aromatic carbocycles. The highest BCUT2D eigenvalue weighted by Gasteiger charge is 2.30. The number of pyridine rings is 1. The van der Waals surface area contributed by atoms with Gasteiger partial charge in [-0.1, -0.05) is 35.9 Å². The van der Waals surface area contributed by atoms with Gasteiger partial charge >= 0.3 is 0 Å². The highest BCUT2D eigenvalue weighted by molar-refractivity contribution is 7.10. The first kappa shape index (κ1) is 24.7. The molecule has 0 radical (unpaired) electrons. The van der Waals surface area contributed by atoms with Crippen molar-refractivity contribution < 1.29 is 14.3 Å². The molecule has 39 heavy (non-hydrogen) atoms. The van der Waals surface area contributed by atoms with Crippen molar-refractivity contribution in [2.45, 2.75) is 19.8 Å². The number of aromatic nitrogens is 5. The number of likely N-dealkylation sites (tertiary alicyclic amines) is 1. The Hall–Kier alpha value is -4.57. The number of H-pyrrole nitrogens is 1. The summed E-state index contributed by atoms with van der Waals surface area (Å²) in [4.78, 5) is 40.8. The van der Waals surface area contributed by atoms with Crippen molar-refractivity contribution >= 4 is 39.5 Å². The number of methoxy groups -OCH3 is 1. The van der Waals surface area contributed by atoms with Gasteiger partial charge in [0.1, 0.15) is 10.8 Å². The van der Waals surface area contributed by atoms with Gasteiger partial charge in [0.25, 0.3) is 11.7 Å². The van der Waals surface area contributed by atoms with Crippen molar-refractivity contribution in [3.8, 4) is 11.6 Å². The van der Waals surface area contributed by atoms with Crippen molar-refractivity contribution in [3.05, 3.63) is 94.0 Å². The third-order valence-corrected chi connectivity index (χ3v) is 7.76. The fraction of sp³-hybridized carbons (Fsp3) is 0.207. The largest absolute Gasteiger partial charge is 0.494 e. The number of carbonyl (C=O) groups excluding carboxylic acids is 2. The molecule has 1 aliphatic heterocycles. The first-order valence-corrected chi connectivity index (χ1v) is 13.5. The smallest absolute Gasteiger partial charge is 0.295 e. The summed E-state index contributed by atoms with van der Waals surface area (Å²) in [6, 6.07) is 12.1. The van der Waals surface area contributed by atoms with Crippen molar-refractivity contribution in [3.63, 3.8) is 0 Å². The maximum Gasteiger partial charge on any atom is 0.295 e. The van der Waals surface area contributed by atoms with Crippen LogP contribution in [0.15, 0.2) is 72.1 Å². The Morgan fingerprint density at radius 2 is 1.87 bits per heavy atom. The third kappa shape index (κ3) is 4.52. The molecule has 5 heterocycles. The summed E-state index contributed by atoms with van der Waals surface area (Å²) >= 11 is 1.60. The molecule has 0 aliphatic carbocycles. The van der Waals surface area contributed by atoms with Crippen molar-refractivity contribution in [2.75, 3.05) is 20.2 Å². The molecule has 0 saturated carbocycles. The zero-order chi connectivity index (χ0) is 26.9. The average molecular weight is 539 g/mol. The number of hydrogen-bond donors (Lipinski definition) is 1. The van der Waals surface area contributed by atoms with Crippen LogP contribution in [0.4, 0.5) is 0 Å². The molecule has 0 bridgehead atoms. The summed E-state index contributed by atoms with van der Waals surface area (Å²) < 4.78 is 7.15. The molecule has 9 nitrogen and oxygen atoms in total. The number of amides is 1. The molecule has 1 fully saturated rings. The number of aromatic amines is 1. The van der Waals surface area contributed by atoms with Gasteiger partial charge in [0.15, 0.2) is 5.82 Å². The van der Waals surface area contributed by atoms with Crippen LogP contribution in [0.1, 0.15) is 39.5 Å². The van der Waals surface area contributed by atoms with Crippen LogP contribution in [0.2, 0.25) is 0 Å². The molecule has 0 atom stereocenters. The number of nitrogens with zero attached hydrogens (tertiary/aromatic N) is 5. The molecule has 1 aliphatic rings. The standard InChI is InChI=1S/C29H26N6O3S/c1-18-8-14-35(33-18)27-25-24(22(38-2)17-32-27)21(16-31-25)26(36)29(37)34-12-9-20(10-13-34)23(28-30-11-15-39-28)19-6-4-3-5-7-19/h3-8,11,14-17,31H,9-10,12-13H2,1-2H3. The minimum Gasteiger partial charge on any atom is -0.494 e. The first-order valence-electron chi connectivity index (χ1n) is 12.6. The summed E-state index contributed by atoms with van der Waals surface area (Å²) in [5.41, 5.74) is 5.15. The molecule has 10 heteroatoms. The Labute approximate surface area is 228 Å². The number of fused-ring (bicyclic) bond motifs is 1. The Bertz CT molecular complexity index is 1690. The van der Waals surface area contributed by atoms with E-state index in [0.29, 0.717) is 48.4 Å². The van der Waals surface area contributed by atoms with Crippen LogP contribution in [-0.4, -0.2) is 61.5 Å². The van der Waals surface area contributed by atoms with Crippen LogP contribution in [0.25, 0.3) is 22.3 Å². The van der Waals surface area contributed by atoms with Gasteiger partial charge in [-0.15, -0.1) is 11.3 Å². The molecule has 6 rings (SSSR count). The minimum absolute atomic E-state index is 0.258. The Kier molecular flexibility index (Phi) is 6.54. The van der Waals surface area contributed by atoms with E-state index in [1.54, 1.807) is 39.5 Å². The average Bonchev–Trinajstić information content (AvgIpc) is 3.75. The number of carbonyl (C=O) groups is 2. The number of aryl methyl sites for hydroxylation is 1. The fourth-order valence-corrected chi connectivity index (χ4v) is 5.82. The third-order valence-electron chi connectivity index (χ3n) is 6.97. The topological polar surface area (TPSA) is 106 Å². The highest BCUT2D eigenvalue weighted by Crippen LogP contribution is 2.35. The zero-order valence-corrected chi connectivity index (χ0v) is 22.4. The van der Waals surface area contributed by atoms with E-state index in [-0.39, 0.29) is 5.56 Å². The quantitative estimate of drug-likeness (QED) is 0.245. The van der Waals surface area contributed by atoms with E-state index in [4.69, 9.17) is 4.74 Å². The van der Waals surface area contributed by atoms with Crippen LogP contribution >= 0.6 is 11.3 Å². The molecule has 196 valence electrons. The second kappa shape index (κ2) is 10.3. The van der Waals surface area contributed by atoms with E-state index in [9.17, 15) is 9.59 Å². The second-order valence-electron chi connectivity index (χ2n) is 9.31. The SMILES string of the molecule is COc1cnc(-n2ccc(C)n2)c2[nH]cc(C(=O)C(=O)N3CCC(=C(c4ccccc4)c4nccs4)CC3)c12. The molecule has 0 unspecified atom stereocenters. The monoisotopic (exact) mass is 538 g/mol. The first-order chi connectivity index (χ1) is 19.0. The number of nitrogens with one attached hydrogen (secondary N) is 1. The Morgan fingerprint density at radius 1 is 1.08 bits per heavy atom. The van der Waals surface area contributed by atoms with Gasteiger partial charge in [0.2, 0.25) is 0 Å². The number of ether oxygens (including phenoxy) is 1. The predicted octanol–water partition coefficient (Wildman–Crippen LogP) is 4.83. The molecule has 4 aromatic heterocycles. The van der Waals surface area contributed by atoms with Gasteiger partial charge < -0.3 is 14.6 Å². The molecule has 5 aromatic rings. The lowest BCUT2D eigenvalue weighted by Crippen LogP contribution is -2.40. The number of thiazole rings is 1. The number of hydrogen-bond acceptors (Lipinski definition) is 7. The van der Waals surface area contributed by atoms with Crippen molar-refractivity contribution in [1.82, 2.24) is 29.6 Å². The van der Waals surface area contributed by atoms with Gasteiger partial charge in [0, 0.05) is 42.6 Å². The Morgan fingerprint density at radius 3 is 2.54 bits per heavy atom. The number of ketones is 1. The van der Waals surface area contributed by atoms with E-state index in [1.807, 2.05) is 42.8 Å². The molecular weight excluding hydrogens is 512 g/mol. The number of benzene rings is 1.